The highest BCUT2D eigenvalue weighted by atomic mass is 15.2. The van der Waals surface area contributed by atoms with Crippen LogP contribution in [0.25, 0.3) is 22.3 Å². The Bertz CT molecular complexity index is 1060. The molecule has 3 aromatic heterocycles. The fraction of sp³-hybridized carbons (Fsp3) is 0.417. The Balaban J connectivity index is 1.43. The van der Waals surface area contributed by atoms with Crippen LogP contribution in [-0.4, -0.2) is 45.6 Å². The van der Waals surface area contributed by atoms with Crippen molar-refractivity contribution in [3.63, 3.8) is 0 Å². The molecule has 1 atom stereocenters. The minimum Gasteiger partial charge on any atom is -0.356 e. The third kappa shape index (κ3) is 3.45. The molecule has 154 valence electrons. The molecule has 1 unspecified atom stereocenters. The van der Waals surface area contributed by atoms with Crippen molar-refractivity contribution >= 4 is 16.7 Å². The van der Waals surface area contributed by atoms with Gasteiger partial charge in [0, 0.05) is 55.2 Å². The lowest BCUT2D eigenvalue weighted by Crippen LogP contribution is -2.41. The summed E-state index contributed by atoms with van der Waals surface area (Å²) >= 11 is 0. The number of nitrogens with zero attached hydrogens (tertiary/aromatic N) is 5. The van der Waals surface area contributed by atoms with E-state index in [1.807, 2.05) is 30.6 Å². The van der Waals surface area contributed by atoms with Crippen LogP contribution in [0, 0.1) is 5.41 Å². The fourth-order valence-electron chi connectivity index (χ4n) is 4.86. The number of hydrogen-bond donors (Lipinski definition) is 1. The van der Waals surface area contributed by atoms with Gasteiger partial charge in [0.1, 0.15) is 5.82 Å². The van der Waals surface area contributed by atoms with Crippen molar-refractivity contribution in [2.45, 2.75) is 38.6 Å². The summed E-state index contributed by atoms with van der Waals surface area (Å²) < 4.78 is 0. The molecule has 3 aromatic rings. The Labute approximate surface area is 177 Å². The Morgan fingerprint density at radius 2 is 1.90 bits per heavy atom. The van der Waals surface area contributed by atoms with E-state index < -0.39 is 0 Å². The van der Waals surface area contributed by atoms with Gasteiger partial charge in [-0.15, -0.1) is 0 Å². The zero-order chi connectivity index (χ0) is 20.6. The monoisotopic (exact) mass is 400 g/mol. The normalized spacial score (nSPS) is 20.7. The van der Waals surface area contributed by atoms with Gasteiger partial charge >= 0.3 is 0 Å². The van der Waals surface area contributed by atoms with Gasteiger partial charge in [-0.3, -0.25) is 9.97 Å². The van der Waals surface area contributed by atoms with Crippen LogP contribution in [0.1, 0.15) is 32.6 Å². The average Bonchev–Trinajstić information content (AvgIpc) is 3.22. The summed E-state index contributed by atoms with van der Waals surface area (Å²) in [5.74, 6) is 1.75. The predicted octanol–water partition coefficient (Wildman–Crippen LogP) is 4.00. The second-order valence-electron chi connectivity index (χ2n) is 8.64. The maximum atomic E-state index is 5.00. The summed E-state index contributed by atoms with van der Waals surface area (Å²) in [5.41, 5.74) is 3.59. The quantitative estimate of drug-likeness (QED) is 0.668. The fourth-order valence-corrected chi connectivity index (χ4v) is 4.86. The van der Waals surface area contributed by atoms with Crippen molar-refractivity contribution in [1.29, 1.82) is 0 Å². The summed E-state index contributed by atoms with van der Waals surface area (Å²) in [6.45, 7) is 9.59. The Kier molecular flexibility index (Phi) is 4.95. The standard InChI is InChI=1S/C24H28N6/c1-3-17(2)20-14-24(16-27-20)7-12-30(13-8-24)23-19-6-11-26-15-21(19)28-22(29-23)18-4-9-25-10-5-18/h4-6,9-11,15,20,27H,2-3,7-8,12-14,16H2,1H3. The second kappa shape index (κ2) is 7.76. The van der Waals surface area contributed by atoms with Crippen LogP contribution in [0.5, 0.6) is 0 Å². The van der Waals surface area contributed by atoms with Crippen LogP contribution in [0.2, 0.25) is 0 Å². The summed E-state index contributed by atoms with van der Waals surface area (Å²) in [4.78, 5) is 20.6. The zero-order valence-corrected chi connectivity index (χ0v) is 17.5. The number of nitrogens with one attached hydrogen (secondary N) is 1. The first-order valence-corrected chi connectivity index (χ1v) is 10.9. The lowest BCUT2D eigenvalue weighted by atomic mass is 9.76. The lowest BCUT2D eigenvalue weighted by molar-refractivity contribution is 0.243. The minimum atomic E-state index is 0.387. The maximum Gasteiger partial charge on any atom is 0.162 e. The Morgan fingerprint density at radius 1 is 1.13 bits per heavy atom. The van der Waals surface area contributed by atoms with E-state index in [-0.39, 0.29) is 0 Å². The molecular formula is C24H28N6. The first kappa shape index (κ1) is 19.1. The molecule has 1 spiro atoms. The number of hydrogen-bond acceptors (Lipinski definition) is 6. The molecule has 6 nitrogen and oxygen atoms in total. The molecule has 0 aliphatic carbocycles. The third-order valence-electron chi connectivity index (χ3n) is 6.85. The topological polar surface area (TPSA) is 66.8 Å². The molecule has 1 N–H and O–H groups in total. The molecule has 30 heavy (non-hydrogen) atoms. The van der Waals surface area contributed by atoms with Crippen LogP contribution in [0.3, 0.4) is 0 Å². The highest BCUT2D eigenvalue weighted by Crippen LogP contribution is 2.42. The van der Waals surface area contributed by atoms with E-state index in [0.29, 0.717) is 11.5 Å². The molecule has 0 aromatic carbocycles. The third-order valence-corrected chi connectivity index (χ3v) is 6.85. The van der Waals surface area contributed by atoms with E-state index in [1.54, 1.807) is 12.4 Å². The SMILES string of the molecule is C=C(CC)C1CC2(CCN(c3nc(-c4ccncc4)nc4cnccc34)CC2)CN1. The predicted molar refractivity (Wildman–Crippen MR) is 120 cm³/mol. The lowest BCUT2D eigenvalue weighted by Gasteiger charge is -2.40. The van der Waals surface area contributed by atoms with Crippen LogP contribution in [0.15, 0.2) is 55.1 Å². The van der Waals surface area contributed by atoms with Gasteiger partial charge in [-0.05, 0) is 49.3 Å². The molecule has 0 saturated carbocycles. The summed E-state index contributed by atoms with van der Waals surface area (Å²) in [6, 6.07) is 6.42. The summed E-state index contributed by atoms with van der Waals surface area (Å²) in [6.07, 6.45) is 11.8. The van der Waals surface area contributed by atoms with Gasteiger partial charge < -0.3 is 10.2 Å². The second-order valence-corrected chi connectivity index (χ2v) is 8.64. The van der Waals surface area contributed by atoms with Gasteiger partial charge in [0.15, 0.2) is 5.82 Å². The molecule has 5 heterocycles. The number of anilines is 1. The molecule has 0 bridgehead atoms. The smallest absolute Gasteiger partial charge is 0.162 e. The number of rotatable bonds is 4. The van der Waals surface area contributed by atoms with Gasteiger partial charge in [-0.2, -0.15) is 0 Å². The van der Waals surface area contributed by atoms with Crippen LogP contribution >= 0.6 is 0 Å². The Hall–Kier alpha value is -2.86. The van der Waals surface area contributed by atoms with E-state index in [9.17, 15) is 0 Å². The Morgan fingerprint density at radius 3 is 2.67 bits per heavy atom. The van der Waals surface area contributed by atoms with Gasteiger partial charge in [-0.1, -0.05) is 19.1 Å². The molecule has 2 aliphatic heterocycles. The molecule has 2 aliphatic rings. The van der Waals surface area contributed by atoms with Crippen LogP contribution in [-0.2, 0) is 0 Å². The van der Waals surface area contributed by atoms with Gasteiger partial charge in [0.05, 0.1) is 11.7 Å². The number of aromatic nitrogens is 4. The zero-order valence-electron chi connectivity index (χ0n) is 17.5. The van der Waals surface area contributed by atoms with E-state index >= 15 is 0 Å². The van der Waals surface area contributed by atoms with Gasteiger partial charge in [-0.25, -0.2) is 9.97 Å². The number of piperidine rings is 1. The highest BCUT2D eigenvalue weighted by Gasteiger charge is 2.42. The van der Waals surface area contributed by atoms with E-state index in [2.05, 4.69) is 33.7 Å². The molecule has 5 rings (SSSR count). The molecule has 2 saturated heterocycles. The summed E-state index contributed by atoms with van der Waals surface area (Å²) in [7, 11) is 0. The van der Waals surface area contributed by atoms with Crippen LogP contribution < -0.4 is 10.2 Å². The first-order valence-electron chi connectivity index (χ1n) is 10.9. The van der Waals surface area contributed by atoms with Crippen molar-refractivity contribution in [2.75, 3.05) is 24.5 Å². The number of fused-ring (bicyclic) bond motifs is 1. The van der Waals surface area contributed by atoms with Crippen molar-refractivity contribution in [2.24, 2.45) is 5.41 Å². The van der Waals surface area contributed by atoms with Crippen molar-refractivity contribution in [1.82, 2.24) is 25.3 Å². The van der Waals surface area contributed by atoms with Crippen molar-refractivity contribution in [3.05, 3.63) is 55.1 Å². The molecule has 0 radical (unpaired) electrons. The van der Waals surface area contributed by atoms with Crippen molar-refractivity contribution < 1.29 is 0 Å². The highest BCUT2D eigenvalue weighted by molar-refractivity contribution is 5.90. The van der Waals surface area contributed by atoms with Crippen LogP contribution in [0.4, 0.5) is 5.82 Å². The van der Waals surface area contributed by atoms with E-state index in [4.69, 9.17) is 9.97 Å². The van der Waals surface area contributed by atoms with Crippen molar-refractivity contribution in [3.8, 4) is 11.4 Å². The molecule has 0 amide bonds. The summed E-state index contributed by atoms with van der Waals surface area (Å²) in [5, 5.41) is 4.79. The van der Waals surface area contributed by atoms with Gasteiger partial charge in [0.2, 0.25) is 0 Å². The molecule has 2 fully saturated rings. The van der Waals surface area contributed by atoms with Gasteiger partial charge in [0.25, 0.3) is 0 Å². The average molecular weight is 401 g/mol. The minimum absolute atomic E-state index is 0.387. The maximum absolute atomic E-state index is 5.00. The molecule has 6 heteroatoms. The van der Waals surface area contributed by atoms with E-state index in [0.717, 1.165) is 54.2 Å². The number of pyridine rings is 2. The largest absolute Gasteiger partial charge is 0.356 e. The first-order chi connectivity index (χ1) is 14.7. The van der Waals surface area contributed by atoms with E-state index in [1.165, 1.54) is 24.8 Å². The molecular weight excluding hydrogens is 372 g/mol.